The standard InChI is InChI=1S/C21H16N2O3S/c24-19(16-12-10-15(11-13-16)14-6-2-1-3-7-14)23-21(27)22-18-9-5-4-8-17(18)20(25)26/h1-13H,(H,25,26)(H2,22,23,24,27). The van der Waals surface area contributed by atoms with Gasteiger partial charge >= 0.3 is 5.97 Å². The molecule has 0 bridgehead atoms. The number of carboxylic acids is 1. The van der Waals surface area contributed by atoms with Gasteiger partial charge in [-0.25, -0.2) is 4.79 Å². The van der Waals surface area contributed by atoms with E-state index in [1.807, 2.05) is 42.5 Å². The first-order valence-corrected chi connectivity index (χ1v) is 8.55. The average molecular weight is 376 g/mol. The molecule has 27 heavy (non-hydrogen) atoms. The van der Waals surface area contributed by atoms with Crippen molar-refractivity contribution in [1.82, 2.24) is 5.32 Å². The minimum Gasteiger partial charge on any atom is -0.478 e. The van der Waals surface area contributed by atoms with Crippen LogP contribution in [0.2, 0.25) is 0 Å². The minimum absolute atomic E-state index is 0.0286. The molecule has 0 radical (unpaired) electrons. The molecule has 0 spiro atoms. The molecule has 0 saturated heterocycles. The fraction of sp³-hybridized carbons (Fsp3) is 0. The van der Waals surface area contributed by atoms with Gasteiger partial charge in [0.25, 0.3) is 5.91 Å². The van der Waals surface area contributed by atoms with Crippen molar-refractivity contribution < 1.29 is 14.7 Å². The third-order valence-corrected chi connectivity index (χ3v) is 4.09. The van der Waals surface area contributed by atoms with E-state index in [2.05, 4.69) is 10.6 Å². The first-order chi connectivity index (χ1) is 13.0. The number of nitrogens with one attached hydrogen (secondary N) is 2. The highest BCUT2D eigenvalue weighted by Gasteiger charge is 2.12. The summed E-state index contributed by atoms with van der Waals surface area (Å²) in [6.07, 6.45) is 0. The lowest BCUT2D eigenvalue weighted by molar-refractivity contribution is 0.0698. The van der Waals surface area contributed by atoms with Crippen molar-refractivity contribution in [3.8, 4) is 11.1 Å². The van der Waals surface area contributed by atoms with Crippen molar-refractivity contribution in [3.63, 3.8) is 0 Å². The summed E-state index contributed by atoms with van der Waals surface area (Å²) >= 11 is 5.12. The molecule has 6 heteroatoms. The van der Waals surface area contributed by atoms with Crippen LogP contribution in [0.4, 0.5) is 5.69 Å². The van der Waals surface area contributed by atoms with Crippen LogP contribution in [0.25, 0.3) is 11.1 Å². The van der Waals surface area contributed by atoms with Crippen LogP contribution in [-0.4, -0.2) is 22.1 Å². The van der Waals surface area contributed by atoms with Crippen LogP contribution < -0.4 is 10.6 Å². The van der Waals surface area contributed by atoms with Crippen LogP contribution in [0, 0.1) is 0 Å². The molecular formula is C21H16N2O3S. The quantitative estimate of drug-likeness (QED) is 0.596. The van der Waals surface area contributed by atoms with Gasteiger partial charge < -0.3 is 10.4 Å². The molecule has 0 aliphatic rings. The summed E-state index contributed by atoms with van der Waals surface area (Å²) in [7, 11) is 0. The molecule has 0 heterocycles. The van der Waals surface area contributed by atoms with Gasteiger partial charge in [0.15, 0.2) is 5.11 Å². The van der Waals surface area contributed by atoms with Crippen LogP contribution in [-0.2, 0) is 0 Å². The Balaban J connectivity index is 1.67. The van der Waals surface area contributed by atoms with Crippen molar-refractivity contribution in [2.45, 2.75) is 0 Å². The fourth-order valence-electron chi connectivity index (χ4n) is 2.55. The van der Waals surface area contributed by atoms with Gasteiger partial charge in [-0.3, -0.25) is 10.1 Å². The number of carboxylic acid groups (broad SMARTS) is 1. The Morgan fingerprint density at radius 2 is 1.37 bits per heavy atom. The third-order valence-electron chi connectivity index (χ3n) is 3.89. The van der Waals surface area contributed by atoms with Crippen LogP contribution >= 0.6 is 12.2 Å². The van der Waals surface area contributed by atoms with Gasteiger partial charge in [-0.1, -0.05) is 54.6 Å². The molecule has 1 amide bonds. The highest BCUT2D eigenvalue weighted by atomic mass is 32.1. The number of thiocarbonyl (C=S) groups is 1. The molecule has 0 atom stereocenters. The largest absolute Gasteiger partial charge is 0.478 e. The van der Waals surface area contributed by atoms with E-state index in [0.717, 1.165) is 11.1 Å². The SMILES string of the molecule is O=C(NC(=S)Nc1ccccc1C(=O)O)c1ccc(-c2ccccc2)cc1. The van der Waals surface area contributed by atoms with Gasteiger partial charge in [-0.15, -0.1) is 0 Å². The van der Waals surface area contributed by atoms with Crippen LogP contribution in [0.3, 0.4) is 0 Å². The molecule has 0 aromatic heterocycles. The van der Waals surface area contributed by atoms with Crippen molar-refractivity contribution in [2.24, 2.45) is 0 Å². The fourth-order valence-corrected chi connectivity index (χ4v) is 2.75. The summed E-state index contributed by atoms with van der Waals surface area (Å²) in [6, 6.07) is 23.3. The summed E-state index contributed by atoms with van der Waals surface area (Å²) in [6.45, 7) is 0. The average Bonchev–Trinajstić information content (AvgIpc) is 2.69. The molecule has 3 aromatic carbocycles. The molecule has 3 rings (SSSR count). The topological polar surface area (TPSA) is 78.4 Å². The number of hydrogen-bond acceptors (Lipinski definition) is 3. The molecule has 0 unspecified atom stereocenters. The van der Waals surface area contributed by atoms with Gasteiger partial charge in [0.1, 0.15) is 0 Å². The maximum atomic E-state index is 12.4. The van der Waals surface area contributed by atoms with Crippen molar-refractivity contribution in [1.29, 1.82) is 0 Å². The molecule has 134 valence electrons. The van der Waals surface area contributed by atoms with E-state index < -0.39 is 5.97 Å². The lowest BCUT2D eigenvalue weighted by Gasteiger charge is -2.12. The Kier molecular flexibility index (Phi) is 5.58. The molecule has 3 aromatic rings. The van der Waals surface area contributed by atoms with Crippen molar-refractivity contribution >= 4 is 34.9 Å². The Bertz CT molecular complexity index is 986. The highest BCUT2D eigenvalue weighted by molar-refractivity contribution is 7.80. The maximum Gasteiger partial charge on any atom is 0.337 e. The first kappa shape index (κ1) is 18.3. The van der Waals surface area contributed by atoms with Gasteiger partial charge in [0.2, 0.25) is 0 Å². The van der Waals surface area contributed by atoms with Crippen LogP contribution in [0.1, 0.15) is 20.7 Å². The number of benzene rings is 3. The number of rotatable bonds is 4. The summed E-state index contributed by atoms with van der Waals surface area (Å²) < 4.78 is 0. The van der Waals surface area contributed by atoms with E-state index >= 15 is 0 Å². The number of amides is 1. The third kappa shape index (κ3) is 4.56. The highest BCUT2D eigenvalue weighted by Crippen LogP contribution is 2.19. The van der Waals surface area contributed by atoms with E-state index in [4.69, 9.17) is 12.2 Å². The summed E-state index contributed by atoms with van der Waals surface area (Å²) in [5, 5.41) is 14.5. The Hall–Kier alpha value is -3.51. The summed E-state index contributed by atoms with van der Waals surface area (Å²) in [4.78, 5) is 23.6. The number of para-hydroxylation sites is 1. The Morgan fingerprint density at radius 3 is 2.04 bits per heavy atom. The van der Waals surface area contributed by atoms with E-state index in [1.54, 1.807) is 30.3 Å². The molecular weight excluding hydrogens is 360 g/mol. The molecule has 0 aliphatic heterocycles. The van der Waals surface area contributed by atoms with E-state index in [1.165, 1.54) is 6.07 Å². The smallest absolute Gasteiger partial charge is 0.337 e. The lowest BCUT2D eigenvalue weighted by Crippen LogP contribution is -2.34. The van der Waals surface area contributed by atoms with Crippen LogP contribution in [0.5, 0.6) is 0 Å². The monoisotopic (exact) mass is 376 g/mol. The summed E-state index contributed by atoms with van der Waals surface area (Å²) in [5.41, 5.74) is 2.90. The number of anilines is 1. The second-order valence-corrected chi connectivity index (χ2v) is 6.11. The zero-order valence-corrected chi connectivity index (χ0v) is 15.0. The van der Waals surface area contributed by atoms with Gasteiger partial charge in [0.05, 0.1) is 11.3 Å². The van der Waals surface area contributed by atoms with Gasteiger partial charge in [-0.05, 0) is 47.6 Å². The van der Waals surface area contributed by atoms with Crippen LogP contribution in [0.15, 0.2) is 78.9 Å². The predicted molar refractivity (Wildman–Crippen MR) is 109 cm³/mol. The van der Waals surface area contributed by atoms with Crippen molar-refractivity contribution in [3.05, 3.63) is 90.0 Å². The van der Waals surface area contributed by atoms with Gasteiger partial charge in [0, 0.05) is 5.56 Å². The molecule has 5 nitrogen and oxygen atoms in total. The van der Waals surface area contributed by atoms with Gasteiger partial charge in [-0.2, -0.15) is 0 Å². The number of carbonyl (C=O) groups is 2. The van der Waals surface area contributed by atoms with E-state index in [-0.39, 0.29) is 16.6 Å². The number of carbonyl (C=O) groups excluding carboxylic acids is 1. The number of aromatic carboxylic acids is 1. The Morgan fingerprint density at radius 1 is 0.778 bits per heavy atom. The Labute approximate surface area is 161 Å². The minimum atomic E-state index is -1.08. The lowest BCUT2D eigenvalue weighted by atomic mass is 10.0. The molecule has 0 aliphatic carbocycles. The first-order valence-electron chi connectivity index (χ1n) is 8.15. The van der Waals surface area contributed by atoms with Crippen molar-refractivity contribution in [2.75, 3.05) is 5.32 Å². The second kappa shape index (κ2) is 8.25. The normalized spacial score (nSPS) is 10.1. The zero-order chi connectivity index (χ0) is 19.2. The molecule has 0 saturated carbocycles. The predicted octanol–water partition coefficient (Wildman–Crippen LogP) is 4.18. The van der Waals surface area contributed by atoms with E-state index in [0.29, 0.717) is 11.3 Å². The number of hydrogen-bond donors (Lipinski definition) is 3. The van der Waals surface area contributed by atoms with E-state index in [9.17, 15) is 14.7 Å². The molecule has 3 N–H and O–H groups in total. The maximum absolute atomic E-state index is 12.4. The molecule has 0 fully saturated rings. The summed E-state index contributed by atoms with van der Waals surface area (Å²) in [5.74, 6) is -1.45. The zero-order valence-electron chi connectivity index (χ0n) is 14.2. The second-order valence-electron chi connectivity index (χ2n) is 5.70.